The number of hydrogen-bond acceptors (Lipinski definition) is 0. The molecule has 0 amide bonds. The van der Waals surface area contributed by atoms with Gasteiger partial charge >= 0.3 is 0 Å². The molecule has 1 aliphatic rings. The molecule has 80 valence electrons. The molecule has 0 unspecified atom stereocenters. The predicted octanol–water partition coefficient (Wildman–Crippen LogP) is 4.75. The molecule has 1 aromatic rings. The lowest BCUT2D eigenvalue weighted by molar-refractivity contribution is 0.714. The molecule has 0 radical (unpaired) electrons. The second-order valence-corrected chi connectivity index (χ2v) is 5.02. The fraction of sp³-hybridized carbons (Fsp3) is 0.429. The Labute approximate surface area is 101 Å². The molecular formula is C14H17Br. The first kappa shape index (κ1) is 10.9. The standard InChI is InChI=1S/C14H17Br/c1-2-3-4-6-11-9-10-14(15)13-8-5-7-12(11)13/h5,8-10H,2-4,6-7H2,1H3. The fourth-order valence-corrected chi connectivity index (χ4v) is 2.70. The van der Waals surface area contributed by atoms with Crippen LogP contribution in [0.3, 0.4) is 0 Å². The van der Waals surface area contributed by atoms with Crippen LogP contribution in [-0.4, -0.2) is 0 Å². The van der Waals surface area contributed by atoms with Crippen molar-refractivity contribution in [2.75, 3.05) is 0 Å². The average molecular weight is 265 g/mol. The second-order valence-electron chi connectivity index (χ2n) is 4.16. The molecule has 1 aliphatic carbocycles. The maximum absolute atomic E-state index is 3.61. The Bertz CT molecular complexity index is 377. The Morgan fingerprint density at radius 2 is 2.13 bits per heavy atom. The van der Waals surface area contributed by atoms with Crippen LogP contribution >= 0.6 is 15.9 Å². The molecule has 0 aliphatic heterocycles. The van der Waals surface area contributed by atoms with E-state index >= 15 is 0 Å². The van der Waals surface area contributed by atoms with Crippen molar-refractivity contribution in [1.29, 1.82) is 0 Å². The molecule has 1 heteroatoms. The third kappa shape index (κ3) is 2.34. The lowest BCUT2D eigenvalue weighted by Crippen LogP contribution is -1.94. The number of unbranched alkanes of at least 4 members (excludes halogenated alkanes) is 2. The van der Waals surface area contributed by atoms with E-state index in [1.54, 1.807) is 11.1 Å². The predicted molar refractivity (Wildman–Crippen MR) is 70.1 cm³/mol. The third-order valence-corrected chi connectivity index (χ3v) is 3.75. The fourth-order valence-electron chi connectivity index (χ4n) is 2.20. The second kappa shape index (κ2) is 4.98. The van der Waals surface area contributed by atoms with Gasteiger partial charge in [-0.15, -0.1) is 0 Å². The third-order valence-electron chi connectivity index (χ3n) is 3.06. The Morgan fingerprint density at radius 3 is 2.93 bits per heavy atom. The van der Waals surface area contributed by atoms with Gasteiger partial charge in [-0.25, -0.2) is 0 Å². The number of fused-ring (bicyclic) bond motifs is 1. The maximum atomic E-state index is 3.61. The summed E-state index contributed by atoms with van der Waals surface area (Å²) in [6, 6.07) is 4.47. The summed E-state index contributed by atoms with van der Waals surface area (Å²) < 4.78 is 1.24. The molecule has 0 heterocycles. The van der Waals surface area contributed by atoms with E-state index in [0.29, 0.717) is 0 Å². The summed E-state index contributed by atoms with van der Waals surface area (Å²) in [6.45, 7) is 2.26. The zero-order chi connectivity index (χ0) is 10.7. The quantitative estimate of drug-likeness (QED) is 0.689. The first-order valence-corrected chi connectivity index (χ1v) is 6.59. The summed E-state index contributed by atoms with van der Waals surface area (Å²) in [4.78, 5) is 0. The Morgan fingerprint density at radius 1 is 1.27 bits per heavy atom. The largest absolute Gasteiger partial charge is 0.0795 e. The van der Waals surface area contributed by atoms with E-state index in [1.165, 1.54) is 35.7 Å². The van der Waals surface area contributed by atoms with Gasteiger partial charge < -0.3 is 0 Å². The topological polar surface area (TPSA) is 0 Å². The van der Waals surface area contributed by atoms with Gasteiger partial charge in [0, 0.05) is 4.47 Å². The molecule has 0 atom stereocenters. The van der Waals surface area contributed by atoms with E-state index in [0.717, 1.165) is 6.42 Å². The number of hydrogen-bond donors (Lipinski definition) is 0. The van der Waals surface area contributed by atoms with Gasteiger partial charge in [0.2, 0.25) is 0 Å². The van der Waals surface area contributed by atoms with Crippen LogP contribution in [0.4, 0.5) is 0 Å². The molecule has 0 saturated carbocycles. The molecule has 15 heavy (non-hydrogen) atoms. The van der Waals surface area contributed by atoms with E-state index in [4.69, 9.17) is 0 Å². The molecule has 1 aromatic carbocycles. The number of benzene rings is 1. The van der Waals surface area contributed by atoms with E-state index < -0.39 is 0 Å². The van der Waals surface area contributed by atoms with Crippen molar-refractivity contribution < 1.29 is 0 Å². The number of halogens is 1. The minimum atomic E-state index is 1.12. The van der Waals surface area contributed by atoms with Crippen LogP contribution in [-0.2, 0) is 12.8 Å². The Kier molecular flexibility index (Phi) is 3.63. The van der Waals surface area contributed by atoms with Crippen molar-refractivity contribution in [3.63, 3.8) is 0 Å². The van der Waals surface area contributed by atoms with E-state index in [1.807, 2.05) is 0 Å². The monoisotopic (exact) mass is 264 g/mol. The summed E-state index contributed by atoms with van der Waals surface area (Å²) in [5.41, 5.74) is 4.50. The summed E-state index contributed by atoms with van der Waals surface area (Å²) >= 11 is 3.61. The van der Waals surface area contributed by atoms with Crippen molar-refractivity contribution in [2.24, 2.45) is 0 Å². The highest BCUT2D eigenvalue weighted by molar-refractivity contribution is 9.10. The van der Waals surface area contributed by atoms with Crippen LogP contribution in [0.2, 0.25) is 0 Å². The summed E-state index contributed by atoms with van der Waals surface area (Å²) in [5.74, 6) is 0. The van der Waals surface area contributed by atoms with Gasteiger partial charge in [0.05, 0.1) is 0 Å². The van der Waals surface area contributed by atoms with Crippen LogP contribution < -0.4 is 0 Å². The maximum Gasteiger partial charge on any atom is 0.0250 e. The van der Waals surface area contributed by atoms with Crippen LogP contribution in [0.15, 0.2) is 22.7 Å². The normalized spacial score (nSPS) is 13.2. The van der Waals surface area contributed by atoms with Crippen molar-refractivity contribution >= 4 is 22.0 Å². The number of allylic oxidation sites excluding steroid dienone is 1. The molecule has 2 rings (SSSR count). The molecule has 0 nitrogen and oxygen atoms in total. The van der Waals surface area contributed by atoms with E-state index in [2.05, 4.69) is 47.1 Å². The van der Waals surface area contributed by atoms with Gasteiger partial charge in [0.15, 0.2) is 0 Å². The SMILES string of the molecule is CCCCCc1ccc(Br)c2c1CC=C2. The molecule has 0 aromatic heterocycles. The molecule has 0 spiro atoms. The van der Waals surface area contributed by atoms with Gasteiger partial charge in [0.25, 0.3) is 0 Å². The van der Waals surface area contributed by atoms with Gasteiger partial charge in [0.1, 0.15) is 0 Å². The van der Waals surface area contributed by atoms with Crippen molar-refractivity contribution in [1.82, 2.24) is 0 Å². The Balaban J connectivity index is 2.17. The summed E-state index contributed by atoms with van der Waals surface area (Å²) in [5, 5.41) is 0. The molecule has 0 saturated heterocycles. The molecule has 0 fully saturated rings. The van der Waals surface area contributed by atoms with Gasteiger partial charge in [-0.2, -0.15) is 0 Å². The molecule has 0 N–H and O–H groups in total. The van der Waals surface area contributed by atoms with Gasteiger partial charge in [-0.3, -0.25) is 0 Å². The summed E-state index contributed by atoms with van der Waals surface area (Å²) in [7, 11) is 0. The first-order chi connectivity index (χ1) is 7.33. The lowest BCUT2D eigenvalue weighted by Gasteiger charge is -2.09. The van der Waals surface area contributed by atoms with Crippen LogP contribution in [0.25, 0.3) is 6.08 Å². The lowest BCUT2D eigenvalue weighted by atomic mass is 9.98. The van der Waals surface area contributed by atoms with Gasteiger partial charge in [-0.1, -0.05) is 53.9 Å². The number of aryl methyl sites for hydroxylation is 1. The summed E-state index contributed by atoms with van der Waals surface area (Å²) in [6.07, 6.45) is 10.8. The van der Waals surface area contributed by atoms with Crippen LogP contribution in [0.5, 0.6) is 0 Å². The van der Waals surface area contributed by atoms with Crippen molar-refractivity contribution in [2.45, 2.75) is 39.0 Å². The zero-order valence-corrected chi connectivity index (χ0v) is 10.8. The van der Waals surface area contributed by atoms with Crippen molar-refractivity contribution in [3.05, 3.63) is 39.4 Å². The van der Waals surface area contributed by atoms with E-state index in [-0.39, 0.29) is 0 Å². The highest BCUT2D eigenvalue weighted by atomic mass is 79.9. The molecule has 0 bridgehead atoms. The first-order valence-electron chi connectivity index (χ1n) is 5.79. The van der Waals surface area contributed by atoms with Crippen molar-refractivity contribution in [3.8, 4) is 0 Å². The smallest absolute Gasteiger partial charge is 0.0250 e. The number of rotatable bonds is 4. The molecular weight excluding hydrogens is 248 g/mol. The van der Waals surface area contributed by atoms with Crippen LogP contribution in [0, 0.1) is 0 Å². The van der Waals surface area contributed by atoms with E-state index in [9.17, 15) is 0 Å². The zero-order valence-electron chi connectivity index (χ0n) is 9.22. The van der Waals surface area contributed by atoms with Gasteiger partial charge in [-0.05, 0) is 42.0 Å². The Hall–Kier alpha value is -0.560. The highest BCUT2D eigenvalue weighted by Crippen LogP contribution is 2.31. The highest BCUT2D eigenvalue weighted by Gasteiger charge is 2.12. The van der Waals surface area contributed by atoms with Crippen LogP contribution in [0.1, 0.15) is 42.9 Å². The minimum absolute atomic E-state index is 1.12. The average Bonchev–Trinajstić information content (AvgIpc) is 2.71. The minimum Gasteiger partial charge on any atom is -0.0795 e.